The lowest BCUT2D eigenvalue weighted by Crippen LogP contribution is -2.52. The van der Waals surface area contributed by atoms with Crippen LogP contribution in [0, 0.1) is 11.3 Å². The summed E-state index contributed by atoms with van der Waals surface area (Å²) in [6.07, 6.45) is 3.34. The number of methoxy groups -OCH3 is 2. The van der Waals surface area contributed by atoms with Gasteiger partial charge in [-0.1, -0.05) is 29.3 Å². The fraction of sp³-hybridized carbons (Fsp3) is 0.372. The molecule has 0 aliphatic carbocycles. The summed E-state index contributed by atoms with van der Waals surface area (Å²) in [4.78, 5) is 73.2. The number of benzene rings is 3. The Kier molecular flexibility index (Phi) is 13.4. The second kappa shape index (κ2) is 19.1. The van der Waals surface area contributed by atoms with E-state index in [4.69, 9.17) is 37.4 Å². The monoisotopic (exact) mass is 870 g/mol. The molecule has 2 fully saturated rings. The third-order valence-corrected chi connectivity index (χ3v) is 11.6. The Labute approximate surface area is 362 Å². The van der Waals surface area contributed by atoms with Gasteiger partial charge < -0.3 is 34.6 Å². The van der Waals surface area contributed by atoms with Gasteiger partial charge in [-0.2, -0.15) is 5.26 Å². The molecule has 0 radical (unpaired) electrons. The molecule has 0 spiro atoms. The molecule has 3 aliphatic heterocycles. The average molecular weight is 872 g/mol. The van der Waals surface area contributed by atoms with Gasteiger partial charge in [0.15, 0.2) is 11.5 Å². The summed E-state index contributed by atoms with van der Waals surface area (Å²) in [5.74, 6) is -0.0482. The quantitative estimate of drug-likeness (QED) is 0.0982. The molecule has 4 aromatic rings. The van der Waals surface area contributed by atoms with Crippen molar-refractivity contribution >= 4 is 80.7 Å². The van der Waals surface area contributed by atoms with E-state index in [0.717, 1.165) is 13.0 Å². The van der Waals surface area contributed by atoms with Crippen molar-refractivity contribution in [2.45, 2.75) is 51.1 Å². The number of piperidine rings is 1. The largest absolute Gasteiger partial charge is 0.495 e. The van der Waals surface area contributed by atoms with Crippen molar-refractivity contribution in [3.05, 3.63) is 75.4 Å². The van der Waals surface area contributed by atoms with Crippen LogP contribution in [0.15, 0.2) is 48.7 Å². The molecule has 1 unspecified atom stereocenters. The molecule has 3 aromatic carbocycles. The maximum Gasteiger partial charge on any atom is 0.255 e. The lowest BCUT2D eigenvalue weighted by molar-refractivity contribution is -0.137. The van der Waals surface area contributed by atoms with Crippen LogP contribution < -0.4 is 30.2 Å². The Morgan fingerprint density at radius 2 is 1.74 bits per heavy atom. The minimum Gasteiger partial charge on any atom is -0.495 e. The van der Waals surface area contributed by atoms with Gasteiger partial charge in [-0.15, -0.1) is 0 Å². The van der Waals surface area contributed by atoms with Gasteiger partial charge in [0.2, 0.25) is 23.6 Å². The van der Waals surface area contributed by atoms with Crippen molar-refractivity contribution in [2.75, 3.05) is 64.2 Å². The van der Waals surface area contributed by atoms with Crippen LogP contribution in [0.2, 0.25) is 10.0 Å². The summed E-state index contributed by atoms with van der Waals surface area (Å²) in [7, 11) is 3.04. The lowest BCUT2D eigenvalue weighted by Gasteiger charge is -2.34. The smallest absolute Gasteiger partial charge is 0.255 e. The maximum absolute atomic E-state index is 13.1. The number of anilines is 3. The highest BCUT2D eigenvalue weighted by Gasteiger charge is 2.40. The number of ether oxygens (including phenoxy) is 3. The van der Waals surface area contributed by atoms with E-state index in [1.165, 1.54) is 18.2 Å². The van der Waals surface area contributed by atoms with Crippen LogP contribution >= 0.6 is 23.2 Å². The van der Waals surface area contributed by atoms with Crippen LogP contribution in [0.5, 0.6) is 17.2 Å². The molecule has 7 rings (SSSR count). The zero-order valence-corrected chi connectivity index (χ0v) is 35.2. The number of carbonyl (C=O) groups excluding carboxylic acids is 5. The lowest BCUT2D eigenvalue weighted by atomic mass is 10.0. The third kappa shape index (κ3) is 9.59. The predicted octanol–water partition coefficient (Wildman–Crippen LogP) is 5.66. The molecule has 61 heavy (non-hydrogen) atoms. The van der Waals surface area contributed by atoms with Gasteiger partial charge in [0.1, 0.15) is 17.9 Å². The second-order valence-electron chi connectivity index (χ2n) is 14.8. The van der Waals surface area contributed by atoms with Crippen LogP contribution in [0.25, 0.3) is 10.9 Å². The molecule has 318 valence electrons. The van der Waals surface area contributed by atoms with Crippen molar-refractivity contribution < 1.29 is 38.2 Å². The van der Waals surface area contributed by atoms with Crippen molar-refractivity contribution in [2.24, 2.45) is 0 Å². The van der Waals surface area contributed by atoms with Gasteiger partial charge in [0.25, 0.3) is 5.91 Å². The van der Waals surface area contributed by atoms with Crippen molar-refractivity contribution in [3.63, 3.8) is 0 Å². The first-order chi connectivity index (χ1) is 29.5. The molecular weight excluding hydrogens is 827 g/mol. The number of nitrogens with one attached hydrogen (secondary N) is 3. The van der Waals surface area contributed by atoms with Gasteiger partial charge in [-0.25, -0.2) is 0 Å². The highest BCUT2D eigenvalue weighted by molar-refractivity contribution is 6.37. The molecule has 18 heteroatoms. The van der Waals surface area contributed by atoms with Crippen LogP contribution in [0.4, 0.5) is 17.1 Å². The number of rotatable bonds is 15. The standard InChI is InChI=1S/C43H44Cl2N8O8/c1-59-35-21-33(29(44)19-30(35)45)49-41-25(22-46)23-47-32-20-37(36(60-2)18-27(32)41)61-17-5-12-51-13-15-52(16-14-51)40(56)9-4-8-38(54)48-31-7-3-6-26-28(31)24-53(43(26)58)34-10-11-39(55)50-42(34)57/h3,6-7,18-21,23,34H,4-5,8-17,24H2,1-2H3,(H,47,49)(H,48,54)(H,50,55,57). The van der Waals surface area contributed by atoms with Gasteiger partial charge in [-0.05, 0) is 43.5 Å². The van der Waals surface area contributed by atoms with Gasteiger partial charge in [-0.3, -0.25) is 39.2 Å². The van der Waals surface area contributed by atoms with Gasteiger partial charge >= 0.3 is 0 Å². The highest BCUT2D eigenvalue weighted by atomic mass is 35.5. The molecule has 4 heterocycles. The number of nitrogens with zero attached hydrogens (tertiary/aromatic N) is 5. The number of pyridine rings is 1. The van der Waals surface area contributed by atoms with E-state index >= 15 is 0 Å². The van der Waals surface area contributed by atoms with E-state index in [0.29, 0.717) is 111 Å². The topological polar surface area (TPSA) is 196 Å². The van der Waals surface area contributed by atoms with E-state index in [2.05, 4.69) is 31.9 Å². The fourth-order valence-electron chi connectivity index (χ4n) is 7.77. The molecule has 2 saturated heterocycles. The molecule has 1 aromatic heterocycles. The first kappa shape index (κ1) is 43.0. The molecular formula is C43H44Cl2N8O8. The van der Waals surface area contributed by atoms with Crippen molar-refractivity contribution in [3.8, 4) is 23.3 Å². The maximum atomic E-state index is 13.1. The Morgan fingerprint density at radius 3 is 2.48 bits per heavy atom. The number of halogens is 2. The third-order valence-electron chi connectivity index (χ3n) is 11.0. The zero-order valence-electron chi connectivity index (χ0n) is 33.6. The first-order valence-electron chi connectivity index (χ1n) is 19.9. The predicted molar refractivity (Wildman–Crippen MR) is 227 cm³/mol. The molecule has 3 aliphatic rings. The Hall–Kier alpha value is -6.15. The van der Waals surface area contributed by atoms with Crippen molar-refractivity contribution in [1.29, 1.82) is 5.26 Å². The number of piperazine rings is 1. The first-order valence-corrected chi connectivity index (χ1v) is 20.6. The number of fused-ring (bicyclic) bond motifs is 2. The normalized spacial score (nSPS) is 16.5. The van der Waals surface area contributed by atoms with E-state index < -0.39 is 11.9 Å². The van der Waals surface area contributed by atoms with Crippen LogP contribution in [-0.2, 0) is 25.7 Å². The second-order valence-corrected chi connectivity index (χ2v) is 15.6. The number of imide groups is 1. The molecule has 3 N–H and O–H groups in total. The van der Waals surface area contributed by atoms with E-state index in [1.54, 1.807) is 49.6 Å². The Bertz CT molecular complexity index is 2430. The average Bonchev–Trinajstić information content (AvgIpc) is 3.59. The number of amides is 5. The van der Waals surface area contributed by atoms with Crippen LogP contribution in [-0.4, -0.2) is 109 Å². The molecule has 1 atom stereocenters. The van der Waals surface area contributed by atoms with Crippen LogP contribution in [0.1, 0.15) is 60.0 Å². The van der Waals surface area contributed by atoms with E-state index in [9.17, 15) is 29.2 Å². The Balaban J connectivity index is 0.847. The Morgan fingerprint density at radius 1 is 0.951 bits per heavy atom. The van der Waals surface area contributed by atoms with Crippen LogP contribution in [0.3, 0.4) is 0 Å². The summed E-state index contributed by atoms with van der Waals surface area (Å²) < 4.78 is 17.2. The summed E-state index contributed by atoms with van der Waals surface area (Å²) in [6.45, 7) is 3.91. The minimum atomic E-state index is -0.748. The van der Waals surface area contributed by atoms with E-state index in [1.807, 2.05) is 4.90 Å². The number of nitriles is 1. The fourth-order valence-corrected chi connectivity index (χ4v) is 8.28. The summed E-state index contributed by atoms with van der Waals surface area (Å²) in [5.41, 5.74) is 3.39. The zero-order chi connectivity index (χ0) is 43.2. The number of hydrogen-bond acceptors (Lipinski definition) is 12. The molecule has 5 amide bonds. The number of hydrogen-bond donors (Lipinski definition) is 3. The minimum absolute atomic E-state index is 0.00453. The summed E-state index contributed by atoms with van der Waals surface area (Å²) in [5, 5.41) is 19.6. The highest BCUT2D eigenvalue weighted by Crippen LogP contribution is 2.41. The summed E-state index contributed by atoms with van der Waals surface area (Å²) in [6, 6.07) is 13.2. The molecule has 16 nitrogen and oxygen atoms in total. The molecule has 0 saturated carbocycles. The number of carbonyl (C=O) groups is 5. The number of aromatic nitrogens is 1. The van der Waals surface area contributed by atoms with Gasteiger partial charge in [0.05, 0.1) is 53.3 Å². The molecule has 0 bridgehead atoms. The van der Waals surface area contributed by atoms with Gasteiger partial charge in [0, 0.05) is 99.1 Å². The summed E-state index contributed by atoms with van der Waals surface area (Å²) >= 11 is 12.7. The van der Waals surface area contributed by atoms with E-state index in [-0.39, 0.29) is 55.9 Å². The van der Waals surface area contributed by atoms with Crippen molar-refractivity contribution in [1.82, 2.24) is 25.0 Å². The SMILES string of the molecule is COc1cc(Nc2c(C#N)cnc3cc(OCCCN4CCN(C(=O)CCCC(=O)Nc5cccc6c5CN(C5CCC(=O)NC5=O)C6=O)CC4)c(OC)cc23)c(Cl)cc1Cl.